The fourth-order valence-corrected chi connectivity index (χ4v) is 4.83. The lowest BCUT2D eigenvalue weighted by molar-refractivity contribution is -0.152. The van der Waals surface area contributed by atoms with E-state index in [0.717, 1.165) is 11.3 Å². The number of carbonyl (C=O) groups excluding carboxylic acids is 1. The lowest BCUT2D eigenvalue weighted by Gasteiger charge is -2.39. The zero-order valence-corrected chi connectivity index (χ0v) is 18.6. The van der Waals surface area contributed by atoms with Crippen molar-refractivity contribution in [3.63, 3.8) is 0 Å². The average molecular weight is 497 g/mol. The number of aromatic nitrogens is 3. The highest BCUT2D eigenvalue weighted by atomic mass is 19.4. The first-order valence-electron chi connectivity index (χ1n) is 11.3. The molecule has 3 aliphatic rings. The van der Waals surface area contributed by atoms with Gasteiger partial charge in [0, 0.05) is 37.0 Å². The van der Waals surface area contributed by atoms with Crippen molar-refractivity contribution in [3.05, 3.63) is 40.3 Å². The minimum Gasteiger partial charge on any atom is -0.475 e. The van der Waals surface area contributed by atoms with Crippen molar-refractivity contribution in [2.45, 2.75) is 43.8 Å². The number of rotatable bonds is 7. The number of hydrogen-bond acceptors (Lipinski definition) is 8. The van der Waals surface area contributed by atoms with E-state index in [1.165, 1.54) is 29.0 Å². The minimum atomic E-state index is -4.64. The third-order valence-corrected chi connectivity index (χ3v) is 6.51. The van der Waals surface area contributed by atoms with Crippen LogP contribution in [0.5, 0.6) is 5.88 Å². The number of fused-ring (bicyclic) bond motifs is 3. The maximum absolute atomic E-state index is 14.0. The minimum absolute atomic E-state index is 0.00514. The van der Waals surface area contributed by atoms with Gasteiger partial charge in [-0.3, -0.25) is 14.2 Å². The maximum Gasteiger partial charge on any atom is 0.408 e. The van der Waals surface area contributed by atoms with Gasteiger partial charge in [0.25, 0.3) is 5.56 Å². The lowest BCUT2D eigenvalue weighted by Crippen LogP contribution is -2.54. The smallest absolute Gasteiger partial charge is 0.408 e. The number of pyridine rings is 1. The summed E-state index contributed by atoms with van der Waals surface area (Å²) in [5.74, 6) is -0.440. The molecule has 2 aromatic heterocycles. The summed E-state index contributed by atoms with van der Waals surface area (Å²) in [5.41, 5.74) is -0.411. The second-order valence-corrected chi connectivity index (χ2v) is 8.72. The molecule has 0 unspecified atom stereocenters. The third kappa shape index (κ3) is 4.56. The molecule has 5 rings (SSSR count). The van der Waals surface area contributed by atoms with Crippen LogP contribution in [0, 0.1) is 0 Å². The van der Waals surface area contributed by atoms with Gasteiger partial charge >= 0.3 is 6.18 Å². The number of anilines is 2. The second-order valence-electron chi connectivity index (χ2n) is 8.72. The summed E-state index contributed by atoms with van der Waals surface area (Å²) in [6.07, 6.45) is -3.08. The van der Waals surface area contributed by atoms with Crippen molar-refractivity contribution >= 4 is 17.5 Å². The van der Waals surface area contributed by atoms with E-state index in [0.29, 0.717) is 13.2 Å². The van der Waals surface area contributed by atoms with Crippen LogP contribution in [0.25, 0.3) is 0 Å². The second kappa shape index (κ2) is 9.10. The number of carbonyl (C=O) groups is 1. The van der Waals surface area contributed by atoms with Crippen LogP contribution >= 0.6 is 0 Å². The predicted molar refractivity (Wildman–Crippen MR) is 116 cm³/mol. The van der Waals surface area contributed by atoms with Crippen molar-refractivity contribution < 1.29 is 31.8 Å². The maximum atomic E-state index is 14.0. The molecule has 0 N–H and O–H groups in total. The molecule has 188 valence electrons. The van der Waals surface area contributed by atoms with Crippen LogP contribution in [-0.2, 0) is 11.3 Å². The summed E-state index contributed by atoms with van der Waals surface area (Å²) in [5, 5.41) is 0. The molecule has 0 radical (unpaired) electrons. The summed E-state index contributed by atoms with van der Waals surface area (Å²) in [6, 6.07) is 2.06. The SMILES string of the molecule is O=C(CN1c2nc(N3C[C@@H]4C[C@H]3CO4)cc(=O)n2CC[C@H]1C(F)(F)F)c1ccc(OCCF)nc1. The Hall–Kier alpha value is -3.22. The van der Waals surface area contributed by atoms with Crippen LogP contribution in [0.1, 0.15) is 23.2 Å². The van der Waals surface area contributed by atoms with Crippen LogP contribution in [0.15, 0.2) is 29.2 Å². The number of Topliss-reactive ketones (excluding diaryl/α,β-unsaturated/α-hetero) is 1. The van der Waals surface area contributed by atoms with Gasteiger partial charge in [-0.05, 0) is 18.9 Å². The highest BCUT2D eigenvalue weighted by Crippen LogP contribution is 2.36. The van der Waals surface area contributed by atoms with Crippen LogP contribution < -0.4 is 20.1 Å². The van der Waals surface area contributed by atoms with E-state index in [1.807, 2.05) is 4.90 Å². The van der Waals surface area contributed by atoms with Crippen molar-refractivity contribution in [1.29, 1.82) is 0 Å². The van der Waals surface area contributed by atoms with E-state index in [4.69, 9.17) is 9.47 Å². The van der Waals surface area contributed by atoms with E-state index >= 15 is 0 Å². The summed E-state index contributed by atoms with van der Waals surface area (Å²) in [6.45, 7) is -0.752. The first-order chi connectivity index (χ1) is 16.7. The van der Waals surface area contributed by atoms with Crippen LogP contribution in [0.2, 0.25) is 0 Å². The van der Waals surface area contributed by atoms with E-state index in [-0.39, 0.29) is 54.9 Å². The Morgan fingerprint density at radius 1 is 1.29 bits per heavy atom. The predicted octanol–water partition coefficient (Wildman–Crippen LogP) is 1.99. The van der Waals surface area contributed by atoms with Gasteiger partial charge in [-0.2, -0.15) is 18.2 Å². The van der Waals surface area contributed by atoms with Gasteiger partial charge in [0.1, 0.15) is 25.1 Å². The highest BCUT2D eigenvalue weighted by molar-refractivity contribution is 5.99. The van der Waals surface area contributed by atoms with Gasteiger partial charge in [0.05, 0.1) is 25.3 Å². The van der Waals surface area contributed by atoms with Gasteiger partial charge in [0.15, 0.2) is 5.78 Å². The molecular weight excluding hydrogens is 474 g/mol. The molecule has 13 heteroatoms. The van der Waals surface area contributed by atoms with Gasteiger partial charge in [-0.1, -0.05) is 0 Å². The van der Waals surface area contributed by atoms with Gasteiger partial charge in [-0.15, -0.1) is 0 Å². The summed E-state index contributed by atoms with van der Waals surface area (Å²) < 4.78 is 66.0. The Bertz CT molecular complexity index is 1160. The molecule has 9 nitrogen and oxygen atoms in total. The number of ketones is 1. The molecule has 0 spiro atoms. The largest absolute Gasteiger partial charge is 0.475 e. The standard InChI is InChI=1S/C22H23F4N5O4/c23-4-6-34-19-2-1-13(9-27-19)16(32)11-31-17(22(24,25)26)3-5-29-20(33)8-18(28-21(29)31)30-10-15-7-14(30)12-35-15/h1-2,8-9,14-15,17H,3-7,10-12H2/t14-,15-,17-/m0/s1. The van der Waals surface area contributed by atoms with Crippen LogP contribution in [0.4, 0.5) is 29.3 Å². The molecule has 0 saturated carbocycles. The van der Waals surface area contributed by atoms with Crippen LogP contribution in [-0.4, -0.2) is 77.7 Å². The monoisotopic (exact) mass is 497 g/mol. The van der Waals surface area contributed by atoms with Crippen molar-refractivity contribution in [3.8, 4) is 5.88 Å². The molecule has 0 amide bonds. The summed E-state index contributed by atoms with van der Waals surface area (Å²) in [7, 11) is 0. The third-order valence-electron chi connectivity index (χ3n) is 6.51. The average Bonchev–Trinajstić information content (AvgIpc) is 3.46. The zero-order chi connectivity index (χ0) is 24.7. The molecule has 2 bridgehead atoms. The molecule has 5 heterocycles. The van der Waals surface area contributed by atoms with Gasteiger partial charge < -0.3 is 19.3 Å². The zero-order valence-electron chi connectivity index (χ0n) is 18.6. The molecule has 2 fully saturated rings. The number of halogens is 4. The molecule has 35 heavy (non-hydrogen) atoms. The Morgan fingerprint density at radius 2 is 2.11 bits per heavy atom. The van der Waals surface area contributed by atoms with E-state index in [1.54, 1.807) is 0 Å². The number of alkyl halides is 4. The first-order valence-corrected chi connectivity index (χ1v) is 11.3. The Labute approximate surface area is 197 Å². The Morgan fingerprint density at radius 3 is 2.74 bits per heavy atom. The quantitative estimate of drug-likeness (QED) is 0.424. The number of morpholine rings is 1. The molecule has 2 saturated heterocycles. The van der Waals surface area contributed by atoms with E-state index in [2.05, 4.69) is 9.97 Å². The molecular formula is C22H23F4N5O4. The topological polar surface area (TPSA) is 89.8 Å². The van der Waals surface area contributed by atoms with E-state index in [9.17, 15) is 27.2 Å². The Balaban J connectivity index is 1.46. The van der Waals surface area contributed by atoms with Crippen molar-refractivity contribution in [1.82, 2.24) is 14.5 Å². The first kappa shape index (κ1) is 23.5. The fraction of sp³-hybridized carbons (Fsp3) is 0.545. The number of nitrogens with zero attached hydrogens (tertiary/aromatic N) is 5. The summed E-state index contributed by atoms with van der Waals surface area (Å²) >= 11 is 0. The van der Waals surface area contributed by atoms with Gasteiger partial charge in [-0.25, -0.2) is 9.37 Å². The Kier molecular flexibility index (Phi) is 6.11. The van der Waals surface area contributed by atoms with E-state index < -0.39 is 36.8 Å². The van der Waals surface area contributed by atoms with Crippen molar-refractivity contribution in [2.24, 2.45) is 0 Å². The van der Waals surface area contributed by atoms with Crippen molar-refractivity contribution in [2.75, 3.05) is 42.8 Å². The molecule has 3 aliphatic heterocycles. The number of ether oxygens (including phenoxy) is 2. The molecule has 0 aliphatic carbocycles. The fourth-order valence-electron chi connectivity index (χ4n) is 4.83. The summed E-state index contributed by atoms with van der Waals surface area (Å²) in [4.78, 5) is 36.9. The highest BCUT2D eigenvalue weighted by Gasteiger charge is 2.48. The number of hydrogen-bond donors (Lipinski definition) is 0. The van der Waals surface area contributed by atoms with Crippen LogP contribution in [0.3, 0.4) is 0 Å². The lowest BCUT2D eigenvalue weighted by atomic mass is 10.1. The molecule has 0 aromatic carbocycles. The molecule has 3 atom stereocenters. The normalized spacial score (nSPS) is 23.5. The molecule has 2 aromatic rings. The van der Waals surface area contributed by atoms with Gasteiger partial charge in [0.2, 0.25) is 11.8 Å².